The van der Waals surface area contributed by atoms with Gasteiger partial charge in [0, 0.05) is 38.5 Å². The molecule has 1 aromatic heterocycles. The standard InChI is InChI=1S/C20H16Cl3N3O/c1-13-11-19(24-20(27)10-9-14-5-2-3-6-16(14)21)25-26(13)12-15-17(22)7-4-8-18(15)23/h2-11H,12H2,1H3,(H,24,25,27)/b10-9+. The highest BCUT2D eigenvalue weighted by atomic mass is 35.5. The minimum absolute atomic E-state index is 0.296. The van der Waals surface area contributed by atoms with E-state index in [1.54, 1.807) is 41.1 Å². The van der Waals surface area contributed by atoms with E-state index >= 15 is 0 Å². The van der Waals surface area contributed by atoms with Gasteiger partial charge in [0.2, 0.25) is 5.91 Å². The number of benzene rings is 2. The van der Waals surface area contributed by atoms with Gasteiger partial charge >= 0.3 is 0 Å². The molecule has 0 saturated heterocycles. The number of nitrogens with one attached hydrogen (secondary N) is 1. The molecule has 0 saturated carbocycles. The first kappa shape index (κ1) is 19.5. The van der Waals surface area contributed by atoms with Crippen molar-refractivity contribution >= 4 is 52.6 Å². The summed E-state index contributed by atoms with van der Waals surface area (Å²) < 4.78 is 1.74. The van der Waals surface area contributed by atoms with E-state index in [-0.39, 0.29) is 5.91 Å². The SMILES string of the molecule is Cc1cc(NC(=O)/C=C/c2ccccc2Cl)nn1Cc1c(Cl)cccc1Cl. The minimum Gasteiger partial charge on any atom is -0.306 e. The second kappa shape index (κ2) is 8.61. The number of nitrogens with zero attached hydrogens (tertiary/aromatic N) is 2. The number of carbonyl (C=O) groups excluding carboxylic acids is 1. The predicted octanol–water partition coefficient (Wildman–Crippen LogP) is 5.85. The first-order chi connectivity index (χ1) is 12.9. The molecule has 0 spiro atoms. The Balaban J connectivity index is 1.71. The highest BCUT2D eigenvalue weighted by molar-refractivity contribution is 6.36. The molecule has 0 aliphatic carbocycles. The fourth-order valence-electron chi connectivity index (χ4n) is 2.51. The number of hydrogen-bond acceptors (Lipinski definition) is 2. The van der Waals surface area contributed by atoms with Gasteiger partial charge in [-0.05, 0) is 36.8 Å². The summed E-state index contributed by atoms with van der Waals surface area (Å²) in [6, 6.07) is 14.4. The highest BCUT2D eigenvalue weighted by Gasteiger charge is 2.11. The molecule has 0 bridgehead atoms. The summed E-state index contributed by atoms with van der Waals surface area (Å²) in [7, 11) is 0. The Bertz CT molecular complexity index is 991. The van der Waals surface area contributed by atoms with Gasteiger partial charge < -0.3 is 5.32 Å². The maximum Gasteiger partial charge on any atom is 0.249 e. The van der Waals surface area contributed by atoms with Crippen molar-refractivity contribution < 1.29 is 4.79 Å². The van der Waals surface area contributed by atoms with Gasteiger partial charge in [0.05, 0.1) is 6.54 Å². The average molecular weight is 421 g/mol. The van der Waals surface area contributed by atoms with Crippen molar-refractivity contribution in [1.29, 1.82) is 0 Å². The van der Waals surface area contributed by atoms with Crippen molar-refractivity contribution in [1.82, 2.24) is 9.78 Å². The molecule has 27 heavy (non-hydrogen) atoms. The molecule has 2 aromatic carbocycles. The zero-order chi connectivity index (χ0) is 19.4. The van der Waals surface area contributed by atoms with E-state index in [0.717, 1.165) is 16.8 Å². The van der Waals surface area contributed by atoms with Gasteiger partial charge in [0.15, 0.2) is 5.82 Å². The fourth-order valence-corrected chi connectivity index (χ4v) is 3.22. The van der Waals surface area contributed by atoms with Crippen molar-refractivity contribution in [3.8, 4) is 0 Å². The maximum atomic E-state index is 12.2. The third-order valence-electron chi connectivity index (χ3n) is 3.92. The molecule has 3 rings (SSSR count). The molecule has 3 aromatic rings. The Hall–Kier alpha value is -2.27. The Morgan fingerprint density at radius 1 is 1.07 bits per heavy atom. The summed E-state index contributed by atoms with van der Waals surface area (Å²) >= 11 is 18.5. The highest BCUT2D eigenvalue weighted by Crippen LogP contribution is 2.25. The van der Waals surface area contributed by atoms with Crippen LogP contribution in [0.1, 0.15) is 16.8 Å². The first-order valence-corrected chi connectivity index (χ1v) is 9.28. The van der Waals surface area contributed by atoms with Crippen molar-refractivity contribution in [3.05, 3.63) is 86.5 Å². The molecule has 0 fully saturated rings. The lowest BCUT2D eigenvalue weighted by atomic mass is 10.2. The lowest BCUT2D eigenvalue weighted by Crippen LogP contribution is -2.10. The second-order valence-corrected chi connectivity index (χ2v) is 7.09. The zero-order valence-electron chi connectivity index (χ0n) is 14.4. The molecule has 0 atom stereocenters. The molecule has 138 valence electrons. The second-order valence-electron chi connectivity index (χ2n) is 5.87. The van der Waals surface area contributed by atoms with Crippen LogP contribution in [0.4, 0.5) is 5.82 Å². The van der Waals surface area contributed by atoms with Gasteiger partial charge in [-0.3, -0.25) is 9.48 Å². The first-order valence-electron chi connectivity index (χ1n) is 8.15. The van der Waals surface area contributed by atoms with Crippen LogP contribution in [0.2, 0.25) is 15.1 Å². The van der Waals surface area contributed by atoms with Crippen LogP contribution in [0.5, 0.6) is 0 Å². The molecular weight excluding hydrogens is 405 g/mol. The van der Waals surface area contributed by atoms with Gasteiger partial charge in [-0.25, -0.2) is 0 Å². The fraction of sp³-hybridized carbons (Fsp3) is 0.100. The average Bonchev–Trinajstić information content (AvgIpc) is 2.96. The lowest BCUT2D eigenvalue weighted by molar-refractivity contribution is -0.111. The smallest absolute Gasteiger partial charge is 0.249 e. The van der Waals surface area contributed by atoms with E-state index in [9.17, 15) is 4.79 Å². The van der Waals surface area contributed by atoms with Gasteiger partial charge in [-0.2, -0.15) is 5.10 Å². The van der Waals surface area contributed by atoms with E-state index in [1.807, 2.05) is 25.1 Å². The Kier molecular flexibility index (Phi) is 6.22. The molecule has 7 heteroatoms. The third-order valence-corrected chi connectivity index (χ3v) is 4.97. The monoisotopic (exact) mass is 419 g/mol. The number of aryl methyl sites for hydroxylation is 1. The molecule has 1 amide bonds. The quantitative estimate of drug-likeness (QED) is 0.526. The Labute approximate surface area is 172 Å². The number of anilines is 1. The number of carbonyl (C=O) groups is 1. The topological polar surface area (TPSA) is 46.9 Å². The van der Waals surface area contributed by atoms with Gasteiger partial charge in [-0.15, -0.1) is 0 Å². The Morgan fingerprint density at radius 2 is 1.74 bits per heavy atom. The number of hydrogen-bond donors (Lipinski definition) is 1. The van der Waals surface area contributed by atoms with Crippen LogP contribution in [0.3, 0.4) is 0 Å². The van der Waals surface area contributed by atoms with Gasteiger partial charge in [0.1, 0.15) is 0 Å². The number of aromatic nitrogens is 2. The molecule has 0 aliphatic rings. The van der Waals surface area contributed by atoms with Gasteiger partial charge in [0.25, 0.3) is 0 Å². The molecule has 0 radical (unpaired) electrons. The summed E-state index contributed by atoms with van der Waals surface area (Å²) in [6.07, 6.45) is 3.07. The van der Waals surface area contributed by atoms with Crippen LogP contribution in [0, 0.1) is 6.92 Å². The molecule has 4 nitrogen and oxygen atoms in total. The molecule has 0 aliphatic heterocycles. The van der Waals surface area contributed by atoms with Crippen LogP contribution in [0.15, 0.2) is 54.6 Å². The lowest BCUT2D eigenvalue weighted by Gasteiger charge is -2.08. The normalized spacial score (nSPS) is 11.1. The molecule has 0 unspecified atom stereocenters. The number of rotatable bonds is 5. The maximum absolute atomic E-state index is 12.2. The van der Waals surface area contributed by atoms with Crippen LogP contribution >= 0.6 is 34.8 Å². The minimum atomic E-state index is -0.296. The Morgan fingerprint density at radius 3 is 2.44 bits per heavy atom. The number of halogens is 3. The predicted molar refractivity (Wildman–Crippen MR) is 112 cm³/mol. The molecule has 1 heterocycles. The summed E-state index contributed by atoms with van der Waals surface area (Å²) in [5, 5.41) is 8.88. The van der Waals surface area contributed by atoms with Crippen LogP contribution < -0.4 is 5.32 Å². The van der Waals surface area contributed by atoms with E-state index in [1.165, 1.54) is 6.08 Å². The van der Waals surface area contributed by atoms with Crippen molar-refractivity contribution in [2.45, 2.75) is 13.5 Å². The van der Waals surface area contributed by atoms with E-state index in [0.29, 0.717) is 27.4 Å². The van der Waals surface area contributed by atoms with E-state index in [2.05, 4.69) is 10.4 Å². The van der Waals surface area contributed by atoms with Crippen LogP contribution in [0.25, 0.3) is 6.08 Å². The largest absolute Gasteiger partial charge is 0.306 e. The summed E-state index contributed by atoms with van der Waals surface area (Å²) in [5.41, 5.74) is 2.42. The molecular formula is C20H16Cl3N3O. The zero-order valence-corrected chi connectivity index (χ0v) is 16.7. The summed E-state index contributed by atoms with van der Waals surface area (Å²) in [4.78, 5) is 12.2. The summed E-state index contributed by atoms with van der Waals surface area (Å²) in [6.45, 7) is 2.31. The van der Waals surface area contributed by atoms with Crippen molar-refractivity contribution in [2.75, 3.05) is 5.32 Å². The van der Waals surface area contributed by atoms with E-state index in [4.69, 9.17) is 34.8 Å². The van der Waals surface area contributed by atoms with Crippen LogP contribution in [-0.4, -0.2) is 15.7 Å². The van der Waals surface area contributed by atoms with Gasteiger partial charge in [-0.1, -0.05) is 59.1 Å². The van der Waals surface area contributed by atoms with Crippen molar-refractivity contribution in [3.63, 3.8) is 0 Å². The van der Waals surface area contributed by atoms with Crippen molar-refractivity contribution in [2.24, 2.45) is 0 Å². The third kappa shape index (κ3) is 4.92. The van der Waals surface area contributed by atoms with E-state index < -0.39 is 0 Å². The number of amides is 1. The summed E-state index contributed by atoms with van der Waals surface area (Å²) in [5.74, 6) is 0.153. The molecule has 1 N–H and O–H groups in total. The van der Waals surface area contributed by atoms with Crippen LogP contribution in [-0.2, 0) is 11.3 Å².